The van der Waals surface area contributed by atoms with Crippen LogP contribution in [0.2, 0.25) is 0 Å². The molecule has 25 heavy (non-hydrogen) atoms. The summed E-state index contributed by atoms with van der Waals surface area (Å²) in [5.74, 6) is 0.236. The first-order valence-electron chi connectivity index (χ1n) is 7.29. The third-order valence-electron chi connectivity index (χ3n) is 3.46. The fourth-order valence-corrected chi connectivity index (χ4v) is 5.03. The van der Waals surface area contributed by atoms with E-state index in [1.807, 2.05) is 5.38 Å². The molecule has 2 aromatic heterocycles. The Morgan fingerprint density at radius 3 is 2.68 bits per heavy atom. The predicted molar refractivity (Wildman–Crippen MR) is 99.1 cm³/mol. The summed E-state index contributed by atoms with van der Waals surface area (Å²) in [6, 6.07) is 11.7. The van der Waals surface area contributed by atoms with E-state index in [2.05, 4.69) is 4.72 Å². The normalized spacial score (nSPS) is 11.4. The first-order valence-corrected chi connectivity index (χ1v) is 10.5. The number of benzene rings is 1. The molecule has 0 atom stereocenters. The molecule has 3 aromatic rings. The zero-order chi connectivity index (χ0) is 17.9. The maximum Gasteiger partial charge on any atom is 0.244 e. The minimum Gasteiger partial charge on any atom is -0.495 e. The van der Waals surface area contributed by atoms with Gasteiger partial charge in [0.25, 0.3) is 0 Å². The Kier molecular flexibility index (Phi) is 5.33. The van der Waals surface area contributed by atoms with Crippen LogP contribution in [0.15, 0.2) is 58.1 Å². The van der Waals surface area contributed by atoms with Crippen LogP contribution in [0.1, 0.15) is 20.1 Å². The van der Waals surface area contributed by atoms with Crippen LogP contribution in [-0.2, 0) is 16.6 Å². The van der Waals surface area contributed by atoms with Crippen LogP contribution in [-0.4, -0.2) is 21.3 Å². The number of methoxy groups -OCH3 is 1. The number of rotatable bonds is 7. The van der Waals surface area contributed by atoms with Crippen LogP contribution in [0.5, 0.6) is 5.75 Å². The molecule has 0 spiro atoms. The molecular formula is C17H15NO4S3. The monoisotopic (exact) mass is 393 g/mol. The van der Waals surface area contributed by atoms with E-state index in [4.69, 9.17) is 4.74 Å². The molecule has 1 aromatic carbocycles. The number of carbonyl (C=O) groups excluding carboxylic acids is 1. The number of thiophene rings is 2. The van der Waals surface area contributed by atoms with Gasteiger partial charge in [-0.15, -0.1) is 11.3 Å². The zero-order valence-corrected chi connectivity index (χ0v) is 15.7. The van der Waals surface area contributed by atoms with Crippen molar-refractivity contribution in [1.82, 2.24) is 4.72 Å². The minimum absolute atomic E-state index is 0.0508. The van der Waals surface area contributed by atoms with E-state index in [-0.39, 0.29) is 23.0 Å². The Balaban J connectivity index is 1.73. The van der Waals surface area contributed by atoms with Gasteiger partial charge in [-0.3, -0.25) is 4.79 Å². The Labute approximate surface area is 154 Å². The number of carbonyl (C=O) groups is 1. The number of nitrogens with one attached hydrogen (secondary N) is 1. The highest BCUT2D eigenvalue weighted by atomic mass is 32.2. The van der Waals surface area contributed by atoms with Gasteiger partial charge in [0, 0.05) is 22.4 Å². The molecule has 2 heterocycles. The smallest absolute Gasteiger partial charge is 0.244 e. The molecule has 3 rings (SSSR count). The molecule has 130 valence electrons. The van der Waals surface area contributed by atoms with Gasteiger partial charge in [-0.1, -0.05) is 12.1 Å². The van der Waals surface area contributed by atoms with E-state index in [9.17, 15) is 13.2 Å². The number of para-hydroxylation sites is 1. The molecule has 0 amide bonds. The molecule has 0 saturated heterocycles. The van der Waals surface area contributed by atoms with Crippen LogP contribution in [0.3, 0.4) is 0 Å². The summed E-state index contributed by atoms with van der Waals surface area (Å²) < 4.78 is 32.6. The maximum absolute atomic E-state index is 12.5. The molecule has 0 radical (unpaired) electrons. The van der Waals surface area contributed by atoms with E-state index >= 15 is 0 Å². The van der Waals surface area contributed by atoms with E-state index in [1.165, 1.54) is 35.8 Å². The minimum atomic E-state index is -3.71. The average molecular weight is 394 g/mol. The van der Waals surface area contributed by atoms with Gasteiger partial charge in [0.15, 0.2) is 0 Å². The van der Waals surface area contributed by atoms with Crippen LogP contribution in [0.4, 0.5) is 0 Å². The molecule has 8 heteroatoms. The number of ether oxygens (including phenoxy) is 1. The van der Waals surface area contributed by atoms with Gasteiger partial charge in [-0.25, -0.2) is 13.1 Å². The summed E-state index contributed by atoms with van der Waals surface area (Å²) in [5.41, 5.74) is 0.646. The van der Waals surface area contributed by atoms with Crippen LogP contribution in [0, 0.1) is 0 Å². The third kappa shape index (κ3) is 3.98. The summed E-state index contributed by atoms with van der Waals surface area (Å²) >= 11 is 2.75. The van der Waals surface area contributed by atoms with Crippen LogP contribution >= 0.6 is 22.7 Å². The van der Waals surface area contributed by atoms with Crippen molar-refractivity contribution in [3.63, 3.8) is 0 Å². The molecule has 0 aliphatic heterocycles. The Morgan fingerprint density at radius 1 is 1.16 bits per heavy atom. The number of hydrogen-bond donors (Lipinski definition) is 1. The van der Waals surface area contributed by atoms with Gasteiger partial charge in [-0.05, 0) is 35.7 Å². The topological polar surface area (TPSA) is 72.5 Å². The molecule has 5 nitrogen and oxygen atoms in total. The van der Waals surface area contributed by atoms with Gasteiger partial charge >= 0.3 is 0 Å². The SMILES string of the molecule is COc1ccccc1S(=O)(=O)NCc1ccc(C(=O)c2ccsc2)s1. The van der Waals surface area contributed by atoms with Gasteiger partial charge in [0.1, 0.15) is 10.6 Å². The quantitative estimate of drug-likeness (QED) is 0.623. The van der Waals surface area contributed by atoms with Crippen molar-refractivity contribution < 1.29 is 17.9 Å². The van der Waals surface area contributed by atoms with Crippen molar-refractivity contribution in [1.29, 1.82) is 0 Å². The van der Waals surface area contributed by atoms with Gasteiger partial charge in [0.2, 0.25) is 15.8 Å². The third-order valence-corrected chi connectivity index (χ3v) is 6.67. The predicted octanol–water partition coefficient (Wildman–Crippen LogP) is 3.53. The molecule has 1 N–H and O–H groups in total. The largest absolute Gasteiger partial charge is 0.495 e. The van der Waals surface area contributed by atoms with Crippen molar-refractivity contribution >= 4 is 38.5 Å². The summed E-state index contributed by atoms with van der Waals surface area (Å²) in [7, 11) is -2.28. The summed E-state index contributed by atoms with van der Waals surface area (Å²) in [6.45, 7) is 0.113. The second kappa shape index (κ2) is 7.49. The fraction of sp³-hybridized carbons (Fsp3) is 0.118. The average Bonchev–Trinajstić information content (AvgIpc) is 3.31. The van der Waals surface area contributed by atoms with Crippen molar-refractivity contribution in [3.05, 3.63) is 68.5 Å². The second-order valence-electron chi connectivity index (χ2n) is 5.08. The Hall–Kier alpha value is -2.00. The lowest BCUT2D eigenvalue weighted by Crippen LogP contribution is -2.23. The highest BCUT2D eigenvalue weighted by Crippen LogP contribution is 2.24. The van der Waals surface area contributed by atoms with Crippen molar-refractivity contribution in [3.8, 4) is 5.75 Å². The Morgan fingerprint density at radius 2 is 1.96 bits per heavy atom. The maximum atomic E-state index is 12.5. The van der Waals surface area contributed by atoms with E-state index in [1.54, 1.807) is 41.8 Å². The fourth-order valence-electron chi connectivity index (χ4n) is 2.22. The van der Waals surface area contributed by atoms with Gasteiger partial charge in [0.05, 0.1) is 12.0 Å². The van der Waals surface area contributed by atoms with Gasteiger partial charge < -0.3 is 4.74 Å². The first-order chi connectivity index (χ1) is 12.0. The van der Waals surface area contributed by atoms with E-state index in [0.717, 1.165) is 4.88 Å². The lowest BCUT2D eigenvalue weighted by Gasteiger charge is -2.09. The number of ketones is 1. The van der Waals surface area contributed by atoms with Crippen LogP contribution in [0.25, 0.3) is 0 Å². The highest BCUT2D eigenvalue weighted by molar-refractivity contribution is 7.89. The molecule has 0 unspecified atom stereocenters. The highest BCUT2D eigenvalue weighted by Gasteiger charge is 2.19. The molecule has 0 aliphatic carbocycles. The lowest BCUT2D eigenvalue weighted by atomic mass is 10.2. The molecule has 0 aliphatic rings. The standard InChI is InChI=1S/C17H15NO4S3/c1-22-14-4-2-3-5-16(14)25(20,21)18-10-13-6-7-15(24-13)17(19)12-8-9-23-11-12/h2-9,11,18H,10H2,1H3. The summed E-state index contributed by atoms with van der Waals surface area (Å²) in [4.78, 5) is 13.7. The summed E-state index contributed by atoms with van der Waals surface area (Å²) in [5, 5.41) is 3.65. The molecular weight excluding hydrogens is 378 g/mol. The van der Waals surface area contributed by atoms with Crippen molar-refractivity contribution in [2.75, 3.05) is 7.11 Å². The van der Waals surface area contributed by atoms with Crippen molar-refractivity contribution in [2.45, 2.75) is 11.4 Å². The second-order valence-corrected chi connectivity index (χ2v) is 8.77. The number of sulfonamides is 1. The number of hydrogen-bond acceptors (Lipinski definition) is 6. The lowest BCUT2D eigenvalue weighted by molar-refractivity contribution is 0.104. The first kappa shape index (κ1) is 17.8. The Bertz CT molecular complexity index is 975. The van der Waals surface area contributed by atoms with Crippen LogP contribution < -0.4 is 9.46 Å². The molecule has 0 bridgehead atoms. The van der Waals surface area contributed by atoms with Crippen molar-refractivity contribution in [2.24, 2.45) is 0 Å². The molecule has 0 fully saturated rings. The zero-order valence-electron chi connectivity index (χ0n) is 13.3. The molecule has 0 saturated carbocycles. The van der Waals surface area contributed by atoms with E-state index < -0.39 is 10.0 Å². The van der Waals surface area contributed by atoms with E-state index in [0.29, 0.717) is 10.4 Å². The van der Waals surface area contributed by atoms with Gasteiger partial charge in [-0.2, -0.15) is 11.3 Å². The summed E-state index contributed by atoms with van der Waals surface area (Å²) in [6.07, 6.45) is 0.